The van der Waals surface area contributed by atoms with Crippen LogP contribution in [0, 0.1) is 0 Å². The molecule has 0 aliphatic carbocycles. The summed E-state index contributed by atoms with van der Waals surface area (Å²) in [5, 5.41) is 55.5. The molecular formula is C17H20N2O5. The quantitative estimate of drug-likeness (QED) is 0.402. The van der Waals surface area contributed by atoms with Gasteiger partial charge in [0.25, 0.3) is 0 Å². The standard InChI is InChI=1S/C17H20N2O5/c20-15(21)11-18-12-16(22,23)19(15)17(24,13-7-3-1-4-8-13)14-9-5-2-6-10-14/h1-10,18,20-24H,11-12H2. The number of rotatable bonds is 3. The van der Waals surface area contributed by atoms with Crippen LogP contribution in [0.3, 0.4) is 0 Å². The second-order valence-electron chi connectivity index (χ2n) is 5.89. The zero-order valence-electron chi connectivity index (χ0n) is 12.9. The lowest BCUT2D eigenvalue weighted by Gasteiger charge is -2.54. The lowest BCUT2D eigenvalue weighted by molar-refractivity contribution is -0.442. The number of nitrogens with zero attached hydrogens (tertiary/aromatic N) is 1. The van der Waals surface area contributed by atoms with E-state index in [1.807, 2.05) is 0 Å². The molecule has 1 heterocycles. The molecule has 0 spiro atoms. The van der Waals surface area contributed by atoms with Gasteiger partial charge in [-0.15, -0.1) is 0 Å². The highest BCUT2D eigenvalue weighted by Gasteiger charge is 2.59. The van der Waals surface area contributed by atoms with E-state index in [4.69, 9.17) is 0 Å². The van der Waals surface area contributed by atoms with Crippen molar-refractivity contribution < 1.29 is 25.5 Å². The Morgan fingerprint density at radius 2 is 1.12 bits per heavy atom. The van der Waals surface area contributed by atoms with Crippen molar-refractivity contribution in [3.8, 4) is 0 Å². The predicted octanol–water partition coefficient (Wildman–Crippen LogP) is -0.938. The maximum absolute atomic E-state index is 11.5. The molecule has 0 radical (unpaired) electrons. The molecular weight excluding hydrogens is 312 g/mol. The summed E-state index contributed by atoms with van der Waals surface area (Å²) in [6.07, 6.45) is 0. The van der Waals surface area contributed by atoms with Crippen molar-refractivity contribution in [1.82, 2.24) is 10.2 Å². The van der Waals surface area contributed by atoms with E-state index in [2.05, 4.69) is 5.32 Å². The largest absolute Gasteiger partial charge is 0.367 e. The average molecular weight is 332 g/mol. The molecule has 2 aromatic carbocycles. The molecule has 1 fully saturated rings. The van der Waals surface area contributed by atoms with Gasteiger partial charge in [0.05, 0.1) is 13.1 Å². The molecule has 0 unspecified atom stereocenters. The molecule has 6 N–H and O–H groups in total. The molecule has 0 saturated carbocycles. The first-order valence-electron chi connectivity index (χ1n) is 7.52. The van der Waals surface area contributed by atoms with Crippen molar-refractivity contribution in [2.75, 3.05) is 13.1 Å². The molecule has 128 valence electrons. The number of piperazine rings is 1. The number of nitrogens with one attached hydrogen (secondary N) is 1. The fourth-order valence-corrected chi connectivity index (χ4v) is 3.13. The molecule has 0 atom stereocenters. The first-order valence-corrected chi connectivity index (χ1v) is 7.52. The minimum Gasteiger partial charge on any atom is -0.367 e. The Balaban J connectivity index is 2.25. The number of hydrogen-bond donors (Lipinski definition) is 6. The number of β-amino-alcohol motifs (C(OH)–C–C–N with tert-alkyl or cyclic N) is 4. The van der Waals surface area contributed by atoms with E-state index in [9.17, 15) is 25.5 Å². The Hall–Kier alpha value is -1.84. The maximum atomic E-state index is 11.5. The highest BCUT2D eigenvalue weighted by atomic mass is 16.6. The molecule has 1 aliphatic rings. The van der Waals surface area contributed by atoms with Gasteiger partial charge >= 0.3 is 0 Å². The maximum Gasteiger partial charge on any atom is 0.245 e. The summed E-state index contributed by atoms with van der Waals surface area (Å²) in [5.41, 5.74) is -1.66. The summed E-state index contributed by atoms with van der Waals surface area (Å²) in [6.45, 7) is -0.754. The van der Waals surface area contributed by atoms with Gasteiger partial charge < -0.3 is 30.8 Å². The van der Waals surface area contributed by atoms with Crippen molar-refractivity contribution in [1.29, 1.82) is 0 Å². The van der Waals surface area contributed by atoms with Crippen LogP contribution < -0.4 is 5.32 Å². The average Bonchev–Trinajstić information content (AvgIpc) is 2.54. The van der Waals surface area contributed by atoms with E-state index >= 15 is 0 Å². The van der Waals surface area contributed by atoms with Crippen molar-refractivity contribution in [3.63, 3.8) is 0 Å². The molecule has 7 nitrogen and oxygen atoms in total. The second-order valence-corrected chi connectivity index (χ2v) is 5.89. The summed E-state index contributed by atoms with van der Waals surface area (Å²) in [5.74, 6) is -5.41. The first kappa shape index (κ1) is 17.0. The van der Waals surface area contributed by atoms with Gasteiger partial charge in [-0.3, -0.25) is 0 Å². The van der Waals surface area contributed by atoms with E-state index in [1.165, 1.54) is 0 Å². The van der Waals surface area contributed by atoms with Gasteiger partial charge in [0.1, 0.15) is 0 Å². The van der Waals surface area contributed by atoms with Crippen LogP contribution in [0.4, 0.5) is 0 Å². The third-order valence-corrected chi connectivity index (χ3v) is 4.12. The van der Waals surface area contributed by atoms with Crippen molar-refractivity contribution in [2.45, 2.75) is 17.5 Å². The molecule has 7 heteroatoms. The number of aliphatic hydroxyl groups is 5. The topological polar surface area (TPSA) is 116 Å². The summed E-state index contributed by atoms with van der Waals surface area (Å²) < 4.78 is 0. The van der Waals surface area contributed by atoms with E-state index in [-0.39, 0.29) is 24.2 Å². The van der Waals surface area contributed by atoms with Crippen molar-refractivity contribution >= 4 is 0 Å². The van der Waals surface area contributed by atoms with Gasteiger partial charge in [-0.05, 0) is 0 Å². The fraction of sp³-hybridized carbons (Fsp3) is 0.294. The minimum atomic E-state index is -2.71. The number of benzene rings is 2. The smallest absolute Gasteiger partial charge is 0.245 e. The zero-order valence-corrected chi connectivity index (χ0v) is 12.9. The lowest BCUT2D eigenvalue weighted by atomic mass is 9.90. The Bertz CT molecular complexity index is 635. The Morgan fingerprint density at radius 1 is 0.750 bits per heavy atom. The van der Waals surface area contributed by atoms with Gasteiger partial charge in [0, 0.05) is 11.1 Å². The van der Waals surface area contributed by atoms with Crippen LogP contribution in [0.5, 0.6) is 0 Å². The minimum absolute atomic E-state index is 0.262. The van der Waals surface area contributed by atoms with Crippen LogP contribution in [0.2, 0.25) is 0 Å². The predicted molar refractivity (Wildman–Crippen MR) is 84.9 cm³/mol. The van der Waals surface area contributed by atoms with Crippen LogP contribution in [0.25, 0.3) is 0 Å². The Labute approximate surface area is 139 Å². The zero-order chi connectivity index (χ0) is 17.4. The highest BCUT2D eigenvalue weighted by Crippen LogP contribution is 2.41. The molecule has 3 rings (SSSR count). The molecule has 1 aliphatic heterocycles. The summed E-state index contributed by atoms with van der Waals surface area (Å²) in [6, 6.07) is 16.4. The molecule has 0 amide bonds. The van der Waals surface area contributed by atoms with Crippen LogP contribution in [-0.4, -0.2) is 55.3 Å². The van der Waals surface area contributed by atoms with Crippen LogP contribution >= 0.6 is 0 Å². The van der Waals surface area contributed by atoms with Gasteiger partial charge in [0.15, 0.2) is 5.72 Å². The SMILES string of the molecule is OC1(O)CNCC(O)(O)N1C(O)(c1ccccc1)c1ccccc1. The fourth-order valence-electron chi connectivity index (χ4n) is 3.13. The third kappa shape index (κ3) is 2.72. The van der Waals surface area contributed by atoms with E-state index in [0.717, 1.165) is 0 Å². The second kappa shape index (κ2) is 5.91. The Morgan fingerprint density at radius 3 is 1.50 bits per heavy atom. The molecule has 0 bridgehead atoms. The lowest BCUT2D eigenvalue weighted by Crippen LogP contribution is -2.77. The van der Waals surface area contributed by atoms with Gasteiger partial charge in [-0.1, -0.05) is 60.7 Å². The van der Waals surface area contributed by atoms with Crippen LogP contribution in [-0.2, 0) is 5.72 Å². The normalized spacial score (nSPS) is 20.7. The summed E-state index contributed by atoms with van der Waals surface area (Å²) >= 11 is 0. The van der Waals surface area contributed by atoms with Crippen LogP contribution in [0.1, 0.15) is 11.1 Å². The third-order valence-electron chi connectivity index (χ3n) is 4.12. The Kier molecular flexibility index (Phi) is 4.18. The van der Waals surface area contributed by atoms with Crippen LogP contribution in [0.15, 0.2) is 60.7 Å². The molecule has 2 aromatic rings. The van der Waals surface area contributed by atoms with Crippen molar-refractivity contribution in [3.05, 3.63) is 71.8 Å². The highest BCUT2D eigenvalue weighted by molar-refractivity contribution is 5.36. The monoisotopic (exact) mass is 332 g/mol. The van der Waals surface area contributed by atoms with Gasteiger partial charge in [-0.25, -0.2) is 0 Å². The van der Waals surface area contributed by atoms with E-state index in [0.29, 0.717) is 4.90 Å². The summed E-state index contributed by atoms with van der Waals surface area (Å²) in [7, 11) is 0. The molecule has 0 aromatic heterocycles. The first-order chi connectivity index (χ1) is 11.3. The van der Waals surface area contributed by atoms with Gasteiger partial charge in [-0.2, -0.15) is 4.90 Å². The van der Waals surface area contributed by atoms with E-state index in [1.54, 1.807) is 60.7 Å². The number of hydrogen-bond acceptors (Lipinski definition) is 7. The molecule has 24 heavy (non-hydrogen) atoms. The summed E-state index contributed by atoms with van der Waals surface area (Å²) in [4.78, 5) is 0.494. The van der Waals surface area contributed by atoms with Crippen molar-refractivity contribution in [2.24, 2.45) is 0 Å². The van der Waals surface area contributed by atoms with Gasteiger partial charge in [0.2, 0.25) is 11.8 Å². The van der Waals surface area contributed by atoms with E-state index < -0.39 is 17.5 Å². The molecule has 1 saturated heterocycles.